The number of amides is 2. The molecule has 1 fully saturated rings. The number of nitrogens with two attached hydrogens (primary N) is 1. The maximum Gasteiger partial charge on any atom is 0.248 e. The number of aromatic nitrogens is 1. The van der Waals surface area contributed by atoms with Crippen LogP contribution in [0.15, 0.2) is 39.8 Å². The van der Waals surface area contributed by atoms with Crippen LogP contribution in [0.4, 0.5) is 0 Å². The average molecular weight is 435 g/mol. The van der Waals surface area contributed by atoms with E-state index in [1.165, 1.54) is 4.31 Å². The molecule has 3 rings (SSSR count). The second-order valence-corrected chi connectivity index (χ2v) is 9.36. The van der Waals surface area contributed by atoms with Gasteiger partial charge in [-0.05, 0) is 32.3 Å². The Morgan fingerprint density at radius 1 is 1.23 bits per heavy atom. The molecule has 1 unspecified atom stereocenters. The summed E-state index contributed by atoms with van der Waals surface area (Å²) in [5.74, 6) is -1.04. The molecule has 3 N–H and O–H groups in total. The highest BCUT2D eigenvalue weighted by Crippen LogP contribution is 2.27. The van der Waals surface area contributed by atoms with E-state index in [0.29, 0.717) is 25.0 Å². The molecule has 2 heterocycles. The molecule has 0 radical (unpaired) electrons. The number of hydrogen-bond donors (Lipinski definition) is 2. The van der Waals surface area contributed by atoms with Crippen LogP contribution < -0.4 is 11.1 Å². The standard InChI is InChI=1S/C20H26N4O5S/c1-13-18(14(2)29-23-13)30(27,28)24-10-8-16(9-11-24)20(26)22-17(19(21)25)12-15-6-4-3-5-7-15/h3-7,16-17H,8-12H2,1-2H3,(H2,21,25)(H,22,26). The van der Waals surface area contributed by atoms with Crippen molar-refractivity contribution in [1.29, 1.82) is 0 Å². The number of benzene rings is 1. The lowest BCUT2D eigenvalue weighted by Gasteiger charge is -2.31. The summed E-state index contributed by atoms with van der Waals surface area (Å²) in [5.41, 5.74) is 6.68. The van der Waals surface area contributed by atoms with Crippen LogP contribution in [0.1, 0.15) is 29.9 Å². The number of sulfonamides is 1. The molecule has 0 aliphatic carbocycles. The van der Waals surface area contributed by atoms with Crippen molar-refractivity contribution < 1.29 is 22.5 Å². The second-order valence-electron chi connectivity index (χ2n) is 7.48. The Balaban J connectivity index is 1.61. The zero-order valence-electron chi connectivity index (χ0n) is 17.0. The van der Waals surface area contributed by atoms with E-state index in [4.69, 9.17) is 10.3 Å². The van der Waals surface area contributed by atoms with Crippen LogP contribution in [0.5, 0.6) is 0 Å². The van der Waals surface area contributed by atoms with Gasteiger partial charge in [0.05, 0.1) is 0 Å². The predicted molar refractivity (Wildman–Crippen MR) is 109 cm³/mol. The van der Waals surface area contributed by atoms with Crippen LogP contribution in [0.25, 0.3) is 0 Å². The molecule has 1 saturated heterocycles. The first-order valence-corrected chi connectivity index (χ1v) is 11.2. The summed E-state index contributed by atoms with van der Waals surface area (Å²) >= 11 is 0. The van der Waals surface area contributed by atoms with Crippen LogP contribution in [-0.4, -0.2) is 48.8 Å². The van der Waals surface area contributed by atoms with Gasteiger partial charge in [-0.3, -0.25) is 9.59 Å². The third-order valence-corrected chi connectivity index (χ3v) is 7.48. The van der Waals surface area contributed by atoms with Gasteiger partial charge in [0, 0.05) is 25.4 Å². The van der Waals surface area contributed by atoms with Crippen LogP contribution in [-0.2, 0) is 26.0 Å². The number of carbonyl (C=O) groups is 2. The van der Waals surface area contributed by atoms with Crippen molar-refractivity contribution in [2.24, 2.45) is 11.7 Å². The molecule has 162 valence electrons. The number of nitrogens with one attached hydrogen (secondary N) is 1. The van der Waals surface area contributed by atoms with Gasteiger partial charge in [0.1, 0.15) is 16.6 Å². The van der Waals surface area contributed by atoms with Gasteiger partial charge >= 0.3 is 0 Å². The van der Waals surface area contributed by atoms with Crippen molar-refractivity contribution in [3.05, 3.63) is 47.3 Å². The summed E-state index contributed by atoms with van der Waals surface area (Å²) < 4.78 is 32.1. The van der Waals surface area contributed by atoms with Gasteiger partial charge < -0.3 is 15.6 Å². The summed E-state index contributed by atoms with van der Waals surface area (Å²) in [7, 11) is -3.74. The number of primary amides is 1. The quantitative estimate of drug-likeness (QED) is 0.665. The van der Waals surface area contributed by atoms with E-state index in [9.17, 15) is 18.0 Å². The van der Waals surface area contributed by atoms with E-state index in [-0.39, 0.29) is 29.7 Å². The Morgan fingerprint density at radius 3 is 2.40 bits per heavy atom. The maximum atomic E-state index is 12.9. The minimum atomic E-state index is -3.74. The Morgan fingerprint density at radius 2 is 1.87 bits per heavy atom. The van der Waals surface area contributed by atoms with E-state index in [1.807, 2.05) is 30.3 Å². The van der Waals surface area contributed by atoms with Crippen molar-refractivity contribution in [1.82, 2.24) is 14.8 Å². The molecule has 2 amide bonds. The van der Waals surface area contributed by atoms with Gasteiger partial charge in [-0.25, -0.2) is 8.42 Å². The molecule has 0 bridgehead atoms. The second kappa shape index (κ2) is 8.97. The average Bonchev–Trinajstić information content (AvgIpc) is 3.07. The molecule has 1 aliphatic heterocycles. The van der Waals surface area contributed by atoms with Gasteiger partial charge in [0.25, 0.3) is 0 Å². The van der Waals surface area contributed by atoms with Gasteiger partial charge in [0.15, 0.2) is 5.76 Å². The fourth-order valence-corrected chi connectivity index (χ4v) is 5.45. The summed E-state index contributed by atoms with van der Waals surface area (Å²) in [4.78, 5) is 24.6. The van der Waals surface area contributed by atoms with E-state index in [1.54, 1.807) is 13.8 Å². The monoisotopic (exact) mass is 434 g/mol. The number of hydrogen-bond acceptors (Lipinski definition) is 6. The highest BCUT2D eigenvalue weighted by Gasteiger charge is 2.36. The molecule has 1 aromatic heterocycles. The molecule has 9 nitrogen and oxygen atoms in total. The Kier molecular flexibility index (Phi) is 6.57. The number of aryl methyl sites for hydroxylation is 2. The fourth-order valence-electron chi connectivity index (χ4n) is 3.69. The van der Waals surface area contributed by atoms with Gasteiger partial charge in [-0.15, -0.1) is 0 Å². The molecule has 30 heavy (non-hydrogen) atoms. The molecule has 1 atom stereocenters. The molecule has 0 saturated carbocycles. The Labute approximate surface area is 175 Å². The van der Waals surface area contributed by atoms with Crippen molar-refractivity contribution in [3.63, 3.8) is 0 Å². The highest BCUT2D eigenvalue weighted by molar-refractivity contribution is 7.89. The predicted octanol–water partition coefficient (Wildman–Crippen LogP) is 0.905. The molecular formula is C20H26N4O5S. The van der Waals surface area contributed by atoms with Crippen molar-refractivity contribution in [2.75, 3.05) is 13.1 Å². The lowest BCUT2D eigenvalue weighted by molar-refractivity contribution is -0.130. The third kappa shape index (κ3) is 4.71. The van der Waals surface area contributed by atoms with E-state index < -0.39 is 27.9 Å². The van der Waals surface area contributed by atoms with Crippen molar-refractivity contribution >= 4 is 21.8 Å². The normalized spacial score (nSPS) is 16.9. The molecule has 1 aromatic carbocycles. The maximum absolute atomic E-state index is 12.9. The van der Waals surface area contributed by atoms with E-state index in [2.05, 4.69) is 10.5 Å². The number of rotatable bonds is 7. The number of nitrogens with zero attached hydrogens (tertiary/aromatic N) is 2. The lowest BCUT2D eigenvalue weighted by atomic mass is 9.96. The minimum absolute atomic E-state index is 0.0852. The van der Waals surface area contributed by atoms with E-state index in [0.717, 1.165) is 5.56 Å². The minimum Gasteiger partial charge on any atom is -0.368 e. The van der Waals surface area contributed by atoms with Crippen molar-refractivity contribution in [2.45, 2.75) is 44.0 Å². The highest BCUT2D eigenvalue weighted by atomic mass is 32.2. The molecule has 1 aliphatic rings. The zero-order chi connectivity index (χ0) is 21.9. The molecule has 0 spiro atoms. The van der Waals surface area contributed by atoms with Gasteiger partial charge in [0.2, 0.25) is 21.8 Å². The summed E-state index contributed by atoms with van der Waals surface area (Å²) in [6, 6.07) is 8.48. The zero-order valence-corrected chi connectivity index (χ0v) is 17.8. The largest absolute Gasteiger partial charge is 0.368 e. The first-order chi connectivity index (χ1) is 14.2. The Hall–Kier alpha value is -2.72. The van der Waals surface area contributed by atoms with Crippen LogP contribution in [0.2, 0.25) is 0 Å². The van der Waals surface area contributed by atoms with Gasteiger partial charge in [-0.1, -0.05) is 35.5 Å². The molecule has 10 heteroatoms. The van der Waals surface area contributed by atoms with E-state index >= 15 is 0 Å². The number of carbonyl (C=O) groups excluding carboxylic acids is 2. The molecular weight excluding hydrogens is 408 g/mol. The summed E-state index contributed by atoms with van der Waals surface area (Å²) in [5, 5.41) is 6.44. The van der Waals surface area contributed by atoms with Crippen LogP contribution in [0, 0.1) is 19.8 Å². The summed E-state index contributed by atoms with van der Waals surface area (Å²) in [6.07, 6.45) is 1.01. The van der Waals surface area contributed by atoms with Crippen LogP contribution in [0.3, 0.4) is 0 Å². The smallest absolute Gasteiger partial charge is 0.248 e. The third-order valence-electron chi connectivity index (χ3n) is 5.33. The molecule has 2 aromatic rings. The lowest BCUT2D eigenvalue weighted by Crippen LogP contribution is -2.50. The number of piperidine rings is 1. The van der Waals surface area contributed by atoms with Crippen molar-refractivity contribution in [3.8, 4) is 0 Å². The first-order valence-electron chi connectivity index (χ1n) is 9.76. The van der Waals surface area contributed by atoms with Crippen LogP contribution >= 0.6 is 0 Å². The topological polar surface area (TPSA) is 136 Å². The Bertz CT molecular complexity index is 992. The SMILES string of the molecule is Cc1noc(C)c1S(=O)(=O)N1CCC(C(=O)NC(Cc2ccccc2)C(N)=O)CC1. The summed E-state index contributed by atoms with van der Waals surface area (Å²) in [6.45, 7) is 3.54. The first kappa shape index (κ1) is 22.0. The van der Waals surface area contributed by atoms with Gasteiger partial charge in [-0.2, -0.15) is 4.31 Å². The fraction of sp³-hybridized carbons (Fsp3) is 0.450.